The van der Waals surface area contributed by atoms with Gasteiger partial charge < -0.3 is 10.2 Å². The summed E-state index contributed by atoms with van der Waals surface area (Å²) in [4.78, 5) is 30.6. The van der Waals surface area contributed by atoms with Crippen molar-refractivity contribution in [2.75, 3.05) is 18.4 Å². The summed E-state index contributed by atoms with van der Waals surface area (Å²) in [7, 11) is 0. The summed E-state index contributed by atoms with van der Waals surface area (Å²) >= 11 is 1.38. The van der Waals surface area contributed by atoms with Gasteiger partial charge in [0.25, 0.3) is 0 Å². The van der Waals surface area contributed by atoms with Crippen molar-refractivity contribution in [3.63, 3.8) is 0 Å². The average Bonchev–Trinajstić information content (AvgIpc) is 3.14. The van der Waals surface area contributed by atoms with Crippen molar-refractivity contribution >= 4 is 28.3 Å². The molecule has 7 heteroatoms. The topological polar surface area (TPSA) is 62.3 Å². The molecule has 1 N–H and O–H groups in total. The molecule has 1 fully saturated rings. The molecule has 1 saturated heterocycles. The molecule has 1 atom stereocenters. The Morgan fingerprint density at radius 1 is 1.32 bits per heavy atom. The highest BCUT2D eigenvalue weighted by atomic mass is 32.1. The summed E-state index contributed by atoms with van der Waals surface area (Å²) in [5, 5.41) is 5.20. The van der Waals surface area contributed by atoms with Crippen LogP contribution in [-0.2, 0) is 16.0 Å². The van der Waals surface area contributed by atoms with Gasteiger partial charge in [-0.05, 0) is 37.0 Å². The Balaban J connectivity index is 1.50. The summed E-state index contributed by atoms with van der Waals surface area (Å²) < 4.78 is 12.9. The number of amides is 2. The van der Waals surface area contributed by atoms with Gasteiger partial charge in [0.05, 0.1) is 5.92 Å². The fraction of sp³-hybridized carbons (Fsp3) is 0.389. The summed E-state index contributed by atoms with van der Waals surface area (Å²) in [6.07, 6.45) is 4.18. The monoisotopic (exact) mass is 361 g/mol. The number of likely N-dealkylation sites (tertiary alicyclic amines) is 1. The Hall–Kier alpha value is -2.28. The van der Waals surface area contributed by atoms with E-state index in [4.69, 9.17) is 0 Å². The van der Waals surface area contributed by atoms with Gasteiger partial charge in [0.1, 0.15) is 5.82 Å². The van der Waals surface area contributed by atoms with Crippen LogP contribution in [0.5, 0.6) is 0 Å². The van der Waals surface area contributed by atoms with Crippen LogP contribution in [0.3, 0.4) is 0 Å². The second kappa shape index (κ2) is 8.20. The van der Waals surface area contributed by atoms with Crippen molar-refractivity contribution in [1.29, 1.82) is 0 Å². The number of carbonyl (C=O) groups is 2. The SMILES string of the molecule is O=C(Nc1nccs1)C1CCCN(C(=O)CCc2ccc(F)cc2)C1. The number of hydrogen-bond donors (Lipinski definition) is 1. The quantitative estimate of drug-likeness (QED) is 0.890. The van der Waals surface area contributed by atoms with Crippen molar-refractivity contribution in [3.05, 3.63) is 47.2 Å². The molecule has 0 spiro atoms. The second-order valence-electron chi connectivity index (χ2n) is 6.13. The van der Waals surface area contributed by atoms with Crippen LogP contribution in [0.1, 0.15) is 24.8 Å². The summed E-state index contributed by atoms with van der Waals surface area (Å²) in [5.74, 6) is -0.519. The van der Waals surface area contributed by atoms with Gasteiger partial charge in [-0.15, -0.1) is 11.3 Å². The molecule has 0 saturated carbocycles. The van der Waals surface area contributed by atoms with Crippen LogP contribution < -0.4 is 5.32 Å². The van der Waals surface area contributed by atoms with Crippen LogP contribution in [0, 0.1) is 11.7 Å². The van der Waals surface area contributed by atoms with E-state index in [-0.39, 0.29) is 23.5 Å². The number of thiazole rings is 1. The van der Waals surface area contributed by atoms with Gasteiger partial charge in [-0.2, -0.15) is 0 Å². The van der Waals surface area contributed by atoms with Crippen molar-refractivity contribution in [2.45, 2.75) is 25.7 Å². The van der Waals surface area contributed by atoms with Crippen LogP contribution in [0.4, 0.5) is 9.52 Å². The largest absolute Gasteiger partial charge is 0.342 e. The van der Waals surface area contributed by atoms with Gasteiger partial charge in [0.2, 0.25) is 11.8 Å². The van der Waals surface area contributed by atoms with Crippen LogP contribution in [-0.4, -0.2) is 34.8 Å². The third-order valence-corrected chi connectivity index (χ3v) is 5.04. The van der Waals surface area contributed by atoms with Crippen molar-refractivity contribution in [2.24, 2.45) is 5.92 Å². The summed E-state index contributed by atoms with van der Waals surface area (Å²) in [5.41, 5.74) is 0.935. The van der Waals surface area contributed by atoms with Gasteiger partial charge in [-0.3, -0.25) is 9.59 Å². The van der Waals surface area contributed by atoms with Crippen molar-refractivity contribution < 1.29 is 14.0 Å². The number of hydrogen-bond acceptors (Lipinski definition) is 4. The molecule has 1 aromatic heterocycles. The van der Waals surface area contributed by atoms with Gasteiger partial charge in [0, 0.05) is 31.1 Å². The number of piperidine rings is 1. The highest BCUT2D eigenvalue weighted by molar-refractivity contribution is 7.13. The molecule has 0 aliphatic carbocycles. The second-order valence-corrected chi connectivity index (χ2v) is 7.03. The average molecular weight is 361 g/mol. The lowest BCUT2D eigenvalue weighted by Crippen LogP contribution is -2.43. The van der Waals surface area contributed by atoms with Crippen LogP contribution in [0.25, 0.3) is 0 Å². The van der Waals surface area contributed by atoms with E-state index < -0.39 is 0 Å². The molecular weight excluding hydrogens is 341 g/mol. The molecular formula is C18H20FN3O2S. The third kappa shape index (κ3) is 4.85. The minimum absolute atomic E-state index is 0.0380. The standard InChI is InChI=1S/C18H20FN3O2S/c19-15-6-3-13(4-7-15)5-8-16(23)22-10-1-2-14(12-22)17(24)21-18-20-9-11-25-18/h3-4,6-7,9,11,14H,1-2,5,8,10,12H2,(H,20,21,24). The normalized spacial score (nSPS) is 17.3. The van der Waals surface area contributed by atoms with Gasteiger partial charge in [-0.25, -0.2) is 9.37 Å². The number of halogens is 1. The van der Waals surface area contributed by atoms with E-state index in [0.717, 1.165) is 18.4 Å². The summed E-state index contributed by atoms with van der Waals surface area (Å²) in [6.45, 7) is 1.13. The fourth-order valence-electron chi connectivity index (χ4n) is 2.97. The Labute approximate surface area is 149 Å². The van der Waals surface area contributed by atoms with Gasteiger partial charge in [0.15, 0.2) is 5.13 Å². The molecule has 3 rings (SSSR count). The van der Waals surface area contributed by atoms with Crippen LogP contribution >= 0.6 is 11.3 Å². The number of nitrogens with one attached hydrogen (secondary N) is 1. The highest BCUT2D eigenvalue weighted by Crippen LogP contribution is 2.20. The Kier molecular flexibility index (Phi) is 5.75. The van der Waals surface area contributed by atoms with Crippen molar-refractivity contribution in [1.82, 2.24) is 9.88 Å². The first-order valence-corrected chi connectivity index (χ1v) is 9.22. The number of anilines is 1. The minimum Gasteiger partial charge on any atom is -0.342 e. The molecule has 1 aromatic carbocycles. The first-order chi connectivity index (χ1) is 12.1. The number of carbonyl (C=O) groups excluding carboxylic acids is 2. The lowest BCUT2D eigenvalue weighted by atomic mass is 9.96. The molecule has 1 aliphatic heterocycles. The Morgan fingerprint density at radius 3 is 2.84 bits per heavy atom. The number of rotatable bonds is 5. The Bertz CT molecular complexity index is 718. The lowest BCUT2D eigenvalue weighted by Gasteiger charge is -2.32. The third-order valence-electron chi connectivity index (χ3n) is 4.35. The maximum atomic E-state index is 12.9. The lowest BCUT2D eigenvalue weighted by molar-refractivity contribution is -0.134. The molecule has 0 bridgehead atoms. The number of aryl methyl sites for hydroxylation is 1. The molecule has 1 unspecified atom stereocenters. The Morgan fingerprint density at radius 2 is 2.12 bits per heavy atom. The fourth-order valence-corrected chi connectivity index (χ4v) is 3.50. The van der Waals surface area contributed by atoms with E-state index in [0.29, 0.717) is 31.1 Å². The predicted molar refractivity (Wildman–Crippen MR) is 94.8 cm³/mol. The first kappa shape index (κ1) is 17.5. The number of aromatic nitrogens is 1. The molecule has 0 radical (unpaired) electrons. The van der Waals surface area contributed by atoms with Gasteiger partial charge in [-0.1, -0.05) is 12.1 Å². The van der Waals surface area contributed by atoms with Crippen LogP contribution in [0.2, 0.25) is 0 Å². The van der Waals surface area contributed by atoms with Gasteiger partial charge >= 0.3 is 0 Å². The molecule has 1 aliphatic rings. The van der Waals surface area contributed by atoms with E-state index in [9.17, 15) is 14.0 Å². The zero-order valence-electron chi connectivity index (χ0n) is 13.8. The molecule has 132 valence electrons. The zero-order chi connectivity index (χ0) is 17.6. The van der Waals surface area contributed by atoms with E-state index in [1.54, 1.807) is 23.2 Å². The molecule has 5 nitrogen and oxygen atoms in total. The van der Waals surface area contributed by atoms with Crippen LogP contribution in [0.15, 0.2) is 35.8 Å². The van der Waals surface area contributed by atoms with E-state index in [1.807, 2.05) is 5.38 Å². The van der Waals surface area contributed by atoms with E-state index in [2.05, 4.69) is 10.3 Å². The van der Waals surface area contributed by atoms with E-state index in [1.165, 1.54) is 23.5 Å². The predicted octanol–water partition coefficient (Wildman–Crippen LogP) is 3.09. The molecule has 2 amide bonds. The maximum absolute atomic E-state index is 12.9. The molecule has 2 heterocycles. The van der Waals surface area contributed by atoms with E-state index >= 15 is 0 Å². The number of benzene rings is 1. The highest BCUT2D eigenvalue weighted by Gasteiger charge is 2.28. The zero-order valence-corrected chi connectivity index (χ0v) is 14.6. The van der Waals surface area contributed by atoms with Crippen molar-refractivity contribution in [3.8, 4) is 0 Å². The minimum atomic E-state index is -0.278. The molecule has 2 aromatic rings. The smallest absolute Gasteiger partial charge is 0.231 e. The first-order valence-electron chi connectivity index (χ1n) is 8.34. The maximum Gasteiger partial charge on any atom is 0.231 e. The number of nitrogens with zero attached hydrogens (tertiary/aromatic N) is 2. The molecule has 25 heavy (non-hydrogen) atoms. The summed E-state index contributed by atoms with van der Waals surface area (Å²) in [6, 6.07) is 6.20.